The third kappa shape index (κ3) is 4.87. The molecule has 0 radical (unpaired) electrons. The van der Waals surface area contributed by atoms with Crippen molar-refractivity contribution in [2.24, 2.45) is 5.92 Å². The van der Waals surface area contributed by atoms with E-state index in [2.05, 4.69) is 29.2 Å². The number of benzene rings is 2. The van der Waals surface area contributed by atoms with Gasteiger partial charge >= 0.3 is 5.97 Å². The second-order valence-corrected chi connectivity index (χ2v) is 7.40. The summed E-state index contributed by atoms with van der Waals surface area (Å²) in [4.78, 5) is 14.8. The lowest BCUT2D eigenvalue weighted by Gasteiger charge is -2.37. The molecule has 0 saturated carbocycles. The molecule has 1 fully saturated rings. The number of hydrogen-bond donors (Lipinski definition) is 0. The zero-order chi connectivity index (χ0) is 18.4. The number of rotatable bonds is 6. The molecule has 2 aromatic carbocycles. The summed E-state index contributed by atoms with van der Waals surface area (Å²) in [5.41, 5.74) is 2.54. The van der Waals surface area contributed by atoms with Gasteiger partial charge in [-0.05, 0) is 61.5 Å². The van der Waals surface area contributed by atoms with Gasteiger partial charge in [0, 0.05) is 11.6 Å². The van der Waals surface area contributed by atoms with Crippen LogP contribution in [0, 0.1) is 5.92 Å². The lowest BCUT2D eigenvalue weighted by Crippen LogP contribution is -2.43. The quantitative estimate of drug-likeness (QED) is 0.697. The van der Waals surface area contributed by atoms with Crippen LogP contribution >= 0.6 is 11.6 Å². The van der Waals surface area contributed by atoms with Gasteiger partial charge in [-0.1, -0.05) is 54.1 Å². The summed E-state index contributed by atoms with van der Waals surface area (Å²) in [6, 6.07) is 18.4. The SMILES string of the molecule is COC(=O)[C@H]1CN(CCCc2ccccc2)CC[C@@H]1c1ccc(Cl)cc1. The number of aryl methyl sites for hydroxylation is 1. The van der Waals surface area contributed by atoms with Crippen molar-refractivity contribution in [3.8, 4) is 0 Å². The Kier molecular flexibility index (Phi) is 6.70. The first kappa shape index (κ1) is 18.9. The summed E-state index contributed by atoms with van der Waals surface area (Å²) >= 11 is 6.01. The zero-order valence-corrected chi connectivity index (χ0v) is 16.0. The van der Waals surface area contributed by atoms with Crippen molar-refractivity contribution in [1.29, 1.82) is 0 Å². The Hall–Kier alpha value is -1.84. The monoisotopic (exact) mass is 371 g/mol. The summed E-state index contributed by atoms with van der Waals surface area (Å²) in [6.45, 7) is 2.78. The van der Waals surface area contributed by atoms with E-state index >= 15 is 0 Å². The Morgan fingerprint density at radius 3 is 2.58 bits per heavy atom. The predicted molar refractivity (Wildman–Crippen MR) is 106 cm³/mol. The van der Waals surface area contributed by atoms with E-state index in [0.29, 0.717) is 0 Å². The summed E-state index contributed by atoms with van der Waals surface area (Å²) in [5.74, 6) is -0.0329. The maximum absolute atomic E-state index is 12.4. The highest BCUT2D eigenvalue weighted by Gasteiger charge is 2.35. The van der Waals surface area contributed by atoms with E-state index in [1.807, 2.05) is 30.3 Å². The molecule has 0 spiro atoms. The minimum absolute atomic E-state index is 0.113. The van der Waals surface area contributed by atoms with Gasteiger partial charge in [-0.15, -0.1) is 0 Å². The van der Waals surface area contributed by atoms with Crippen LogP contribution in [0.4, 0.5) is 0 Å². The fourth-order valence-corrected chi connectivity index (χ4v) is 4.00. The van der Waals surface area contributed by atoms with Crippen molar-refractivity contribution in [3.63, 3.8) is 0 Å². The summed E-state index contributed by atoms with van der Waals surface area (Å²) < 4.78 is 5.10. The standard InChI is InChI=1S/C22H26ClNO2/c1-26-22(25)21-16-24(14-5-8-17-6-3-2-4-7-17)15-13-20(21)18-9-11-19(23)12-10-18/h2-4,6-7,9-12,20-21H,5,8,13-16H2,1H3/t20-,21+/m1/s1. The molecule has 0 amide bonds. The third-order valence-electron chi connectivity index (χ3n) is 5.28. The molecule has 138 valence electrons. The van der Waals surface area contributed by atoms with E-state index < -0.39 is 0 Å². The maximum atomic E-state index is 12.4. The largest absolute Gasteiger partial charge is 0.469 e. The van der Waals surface area contributed by atoms with Crippen LogP contribution < -0.4 is 0 Å². The van der Waals surface area contributed by atoms with Crippen LogP contribution in [0.1, 0.15) is 29.9 Å². The van der Waals surface area contributed by atoms with Gasteiger partial charge in [-0.2, -0.15) is 0 Å². The Morgan fingerprint density at radius 1 is 1.15 bits per heavy atom. The van der Waals surface area contributed by atoms with E-state index in [0.717, 1.165) is 43.9 Å². The van der Waals surface area contributed by atoms with Crippen LogP contribution in [0.3, 0.4) is 0 Å². The number of nitrogens with zero attached hydrogens (tertiary/aromatic N) is 1. The van der Waals surface area contributed by atoms with Crippen molar-refractivity contribution in [2.75, 3.05) is 26.7 Å². The van der Waals surface area contributed by atoms with Crippen molar-refractivity contribution in [3.05, 3.63) is 70.7 Å². The highest BCUT2D eigenvalue weighted by atomic mass is 35.5. The van der Waals surface area contributed by atoms with Crippen molar-refractivity contribution in [2.45, 2.75) is 25.2 Å². The van der Waals surface area contributed by atoms with E-state index in [-0.39, 0.29) is 17.8 Å². The molecule has 0 aliphatic carbocycles. The van der Waals surface area contributed by atoms with Gasteiger partial charge in [0.1, 0.15) is 0 Å². The first-order valence-corrected chi connectivity index (χ1v) is 9.64. The van der Waals surface area contributed by atoms with E-state index in [1.165, 1.54) is 18.2 Å². The first-order chi connectivity index (χ1) is 12.7. The molecule has 2 aromatic rings. The van der Waals surface area contributed by atoms with Gasteiger partial charge in [-0.25, -0.2) is 0 Å². The molecule has 1 aliphatic heterocycles. The van der Waals surface area contributed by atoms with Crippen molar-refractivity contribution < 1.29 is 9.53 Å². The Balaban J connectivity index is 1.60. The van der Waals surface area contributed by atoms with Crippen LogP contribution in [0.5, 0.6) is 0 Å². The molecule has 0 bridgehead atoms. The van der Waals surface area contributed by atoms with Crippen molar-refractivity contribution >= 4 is 17.6 Å². The third-order valence-corrected chi connectivity index (χ3v) is 5.53. The van der Waals surface area contributed by atoms with Gasteiger partial charge in [0.2, 0.25) is 0 Å². The highest BCUT2D eigenvalue weighted by Crippen LogP contribution is 2.34. The Morgan fingerprint density at radius 2 is 1.88 bits per heavy atom. The normalized spacial score (nSPS) is 20.7. The number of halogens is 1. The van der Waals surface area contributed by atoms with Gasteiger partial charge in [0.25, 0.3) is 0 Å². The second-order valence-electron chi connectivity index (χ2n) is 6.97. The molecular weight excluding hydrogens is 346 g/mol. The zero-order valence-electron chi connectivity index (χ0n) is 15.2. The number of likely N-dealkylation sites (tertiary alicyclic amines) is 1. The van der Waals surface area contributed by atoms with Crippen LogP contribution in [-0.4, -0.2) is 37.6 Å². The Bertz CT molecular complexity index is 702. The molecule has 2 atom stereocenters. The smallest absolute Gasteiger partial charge is 0.310 e. The number of methoxy groups -OCH3 is 1. The van der Waals surface area contributed by atoms with E-state index in [1.54, 1.807) is 0 Å². The molecule has 26 heavy (non-hydrogen) atoms. The molecule has 1 heterocycles. The number of carbonyl (C=O) groups excluding carboxylic acids is 1. The molecule has 1 aliphatic rings. The lowest BCUT2D eigenvalue weighted by molar-refractivity contribution is -0.148. The van der Waals surface area contributed by atoms with E-state index in [4.69, 9.17) is 16.3 Å². The fraction of sp³-hybridized carbons (Fsp3) is 0.409. The minimum Gasteiger partial charge on any atom is -0.469 e. The number of hydrogen-bond acceptors (Lipinski definition) is 3. The predicted octanol–water partition coefficient (Wildman–Crippen LogP) is 4.55. The van der Waals surface area contributed by atoms with Gasteiger partial charge in [0.15, 0.2) is 0 Å². The molecule has 4 heteroatoms. The summed E-state index contributed by atoms with van der Waals surface area (Å²) in [7, 11) is 1.48. The highest BCUT2D eigenvalue weighted by molar-refractivity contribution is 6.30. The van der Waals surface area contributed by atoms with Crippen molar-refractivity contribution in [1.82, 2.24) is 4.90 Å². The molecule has 3 nitrogen and oxygen atoms in total. The van der Waals surface area contributed by atoms with Crippen LogP contribution in [-0.2, 0) is 16.0 Å². The summed E-state index contributed by atoms with van der Waals surface area (Å²) in [5, 5.41) is 0.724. The van der Waals surface area contributed by atoms with Crippen LogP contribution in [0.15, 0.2) is 54.6 Å². The maximum Gasteiger partial charge on any atom is 0.310 e. The molecular formula is C22H26ClNO2. The fourth-order valence-electron chi connectivity index (χ4n) is 3.87. The molecule has 3 rings (SSSR count). The lowest BCUT2D eigenvalue weighted by atomic mass is 9.80. The van der Waals surface area contributed by atoms with Crippen LogP contribution in [0.25, 0.3) is 0 Å². The first-order valence-electron chi connectivity index (χ1n) is 9.27. The average Bonchev–Trinajstić information content (AvgIpc) is 2.69. The van der Waals surface area contributed by atoms with E-state index in [9.17, 15) is 4.79 Å². The number of carbonyl (C=O) groups is 1. The average molecular weight is 372 g/mol. The summed E-state index contributed by atoms with van der Waals surface area (Å²) in [6.07, 6.45) is 3.14. The Labute approximate surface area is 160 Å². The number of piperidine rings is 1. The number of ether oxygens (including phenoxy) is 1. The van der Waals surface area contributed by atoms with Gasteiger partial charge < -0.3 is 9.64 Å². The molecule has 0 N–H and O–H groups in total. The molecule has 1 saturated heterocycles. The number of esters is 1. The topological polar surface area (TPSA) is 29.5 Å². The minimum atomic E-state index is -0.119. The second kappa shape index (κ2) is 9.20. The van der Waals surface area contributed by atoms with Gasteiger partial charge in [-0.3, -0.25) is 4.79 Å². The van der Waals surface area contributed by atoms with Crippen LogP contribution in [0.2, 0.25) is 5.02 Å². The molecule has 0 aromatic heterocycles. The molecule has 0 unspecified atom stereocenters. The van der Waals surface area contributed by atoms with Gasteiger partial charge in [0.05, 0.1) is 13.0 Å².